The molecule has 8 heteroatoms. The van der Waals surface area contributed by atoms with Gasteiger partial charge in [0.05, 0.1) is 23.9 Å². The topological polar surface area (TPSA) is 69.9 Å². The van der Waals surface area contributed by atoms with E-state index in [9.17, 15) is 9.59 Å². The highest BCUT2D eigenvalue weighted by molar-refractivity contribution is 7.99. The number of aryl methyl sites for hydroxylation is 1. The van der Waals surface area contributed by atoms with Crippen LogP contribution in [0.25, 0.3) is 10.2 Å². The van der Waals surface area contributed by atoms with Gasteiger partial charge in [-0.05, 0) is 68.0 Å². The first-order valence-electron chi connectivity index (χ1n) is 10.1. The van der Waals surface area contributed by atoms with Crippen LogP contribution in [0, 0.1) is 6.92 Å². The maximum Gasteiger partial charge on any atom is 0.326 e. The molecule has 1 amide bonds. The fourth-order valence-electron chi connectivity index (χ4n) is 3.00. The van der Waals surface area contributed by atoms with Crippen LogP contribution in [0.2, 0.25) is 0 Å². The molecule has 31 heavy (non-hydrogen) atoms. The van der Waals surface area contributed by atoms with Crippen molar-refractivity contribution >= 4 is 45.2 Å². The van der Waals surface area contributed by atoms with Crippen molar-refractivity contribution in [3.05, 3.63) is 52.8 Å². The Hall–Kier alpha value is -2.58. The van der Waals surface area contributed by atoms with Crippen LogP contribution in [0.1, 0.15) is 25.3 Å². The molecule has 0 saturated heterocycles. The van der Waals surface area contributed by atoms with Crippen LogP contribution in [0.15, 0.2) is 52.4 Å². The van der Waals surface area contributed by atoms with Gasteiger partial charge < -0.3 is 14.0 Å². The molecule has 0 radical (unpaired) electrons. The minimum atomic E-state index is -0.340. The van der Waals surface area contributed by atoms with Crippen molar-refractivity contribution in [2.45, 2.75) is 38.1 Å². The van der Waals surface area contributed by atoms with Gasteiger partial charge >= 0.3 is 5.97 Å². The molecule has 0 atom stereocenters. The number of rotatable bonds is 9. The number of thioether (sulfide) groups is 1. The molecule has 6 nitrogen and oxygen atoms in total. The Kier molecular flexibility index (Phi) is 8.31. The number of methoxy groups -OCH3 is 1. The molecule has 0 N–H and O–H groups in total. The fraction of sp³-hybridized carbons (Fsp3) is 0.348. The number of carbonyl (C=O) groups excluding carboxylic acids is 2. The minimum Gasteiger partial charge on any atom is -0.497 e. The minimum absolute atomic E-state index is 0.0380. The number of hydrogen-bond donors (Lipinski definition) is 0. The molecule has 0 aliphatic heterocycles. The van der Waals surface area contributed by atoms with E-state index in [1.807, 2.05) is 49.4 Å². The Morgan fingerprint density at radius 1 is 1.16 bits per heavy atom. The summed E-state index contributed by atoms with van der Waals surface area (Å²) in [5.74, 6) is 1.12. The zero-order chi connectivity index (χ0) is 22.2. The summed E-state index contributed by atoms with van der Waals surface area (Å²) < 4.78 is 13.0. The molecule has 0 fully saturated rings. The zero-order valence-corrected chi connectivity index (χ0v) is 19.6. The van der Waals surface area contributed by atoms with E-state index in [-0.39, 0.29) is 18.4 Å². The number of esters is 1. The van der Waals surface area contributed by atoms with Crippen LogP contribution in [-0.2, 0) is 20.9 Å². The van der Waals surface area contributed by atoms with Gasteiger partial charge in [-0.2, -0.15) is 4.99 Å². The van der Waals surface area contributed by atoms with Crippen molar-refractivity contribution in [1.29, 1.82) is 0 Å². The summed E-state index contributed by atoms with van der Waals surface area (Å²) in [6.45, 7) is 4.14. The van der Waals surface area contributed by atoms with Gasteiger partial charge in [-0.25, -0.2) is 0 Å². The number of carbonyl (C=O) groups is 2. The molecule has 0 spiro atoms. The molecule has 1 aromatic heterocycles. The molecular formula is C23H26N2O4S2. The number of fused-ring (bicyclic) bond motifs is 1. The maximum atomic E-state index is 12.5. The third kappa shape index (κ3) is 6.45. The monoisotopic (exact) mass is 458 g/mol. The maximum absolute atomic E-state index is 12.5. The highest BCUT2D eigenvalue weighted by Gasteiger charge is 2.12. The Bertz CT molecular complexity index is 1120. The molecule has 1 heterocycles. The Labute approximate surface area is 189 Å². The molecule has 0 bridgehead atoms. The Morgan fingerprint density at radius 2 is 1.94 bits per heavy atom. The zero-order valence-electron chi connectivity index (χ0n) is 17.9. The van der Waals surface area contributed by atoms with Gasteiger partial charge in [0.15, 0.2) is 4.80 Å². The van der Waals surface area contributed by atoms with E-state index < -0.39 is 0 Å². The highest BCUT2D eigenvalue weighted by Crippen LogP contribution is 2.22. The molecule has 3 aromatic rings. The summed E-state index contributed by atoms with van der Waals surface area (Å²) in [6, 6.07) is 13.8. The second-order valence-electron chi connectivity index (χ2n) is 6.88. The van der Waals surface area contributed by atoms with Gasteiger partial charge in [0.25, 0.3) is 0 Å². The Balaban J connectivity index is 1.68. The first kappa shape index (κ1) is 23.1. The standard InChI is InChI=1S/C23H26N2O4S2/c1-4-29-22(27)15-25-19-12-7-16(2)14-20(19)31-23(25)24-21(26)6-5-13-30-18-10-8-17(28-3)9-11-18/h7-12,14H,4-6,13,15H2,1-3H3. The Morgan fingerprint density at radius 3 is 2.65 bits per heavy atom. The highest BCUT2D eigenvalue weighted by atomic mass is 32.2. The van der Waals surface area contributed by atoms with Crippen molar-refractivity contribution < 1.29 is 19.1 Å². The van der Waals surface area contributed by atoms with Gasteiger partial charge in [0.1, 0.15) is 12.3 Å². The molecule has 2 aromatic carbocycles. The molecular weight excluding hydrogens is 432 g/mol. The van der Waals surface area contributed by atoms with Gasteiger partial charge in [-0.3, -0.25) is 9.59 Å². The summed E-state index contributed by atoms with van der Waals surface area (Å²) in [7, 11) is 1.64. The second-order valence-corrected chi connectivity index (χ2v) is 9.06. The average molecular weight is 459 g/mol. The summed E-state index contributed by atoms with van der Waals surface area (Å²) in [5.41, 5.74) is 2.00. The predicted molar refractivity (Wildman–Crippen MR) is 125 cm³/mol. The van der Waals surface area contributed by atoms with E-state index in [2.05, 4.69) is 4.99 Å². The van der Waals surface area contributed by atoms with Gasteiger partial charge in [-0.1, -0.05) is 17.4 Å². The van der Waals surface area contributed by atoms with Crippen LogP contribution in [0.4, 0.5) is 0 Å². The van der Waals surface area contributed by atoms with Crippen molar-refractivity contribution in [1.82, 2.24) is 4.57 Å². The summed E-state index contributed by atoms with van der Waals surface area (Å²) in [5, 5.41) is 0. The number of aromatic nitrogens is 1. The van der Waals surface area contributed by atoms with Crippen molar-refractivity contribution in [3.8, 4) is 5.75 Å². The van der Waals surface area contributed by atoms with E-state index in [0.29, 0.717) is 17.8 Å². The van der Waals surface area contributed by atoms with Crippen LogP contribution >= 0.6 is 23.1 Å². The first-order valence-corrected chi connectivity index (χ1v) is 11.9. The SMILES string of the molecule is CCOC(=O)Cn1c(=NC(=O)CCCSc2ccc(OC)cc2)sc2cc(C)ccc21. The summed E-state index contributed by atoms with van der Waals surface area (Å²) in [6.07, 6.45) is 1.08. The molecule has 0 aliphatic rings. The second kappa shape index (κ2) is 11.2. The number of ether oxygens (including phenoxy) is 2. The largest absolute Gasteiger partial charge is 0.497 e. The third-order valence-electron chi connectivity index (χ3n) is 4.51. The molecule has 164 valence electrons. The molecule has 0 unspecified atom stereocenters. The lowest BCUT2D eigenvalue weighted by Crippen LogP contribution is -2.23. The van der Waals surface area contributed by atoms with Crippen molar-refractivity contribution in [3.63, 3.8) is 0 Å². The van der Waals surface area contributed by atoms with Crippen LogP contribution < -0.4 is 9.54 Å². The fourth-order valence-corrected chi connectivity index (χ4v) is 5.00. The molecule has 3 rings (SSSR count). The van der Waals surface area contributed by atoms with Crippen molar-refractivity contribution in [2.75, 3.05) is 19.5 Å². The van der Waals surface area contributed by atoms with E-state index in [4.69, 9.17) is 9.47 Å². The predicted octanol–water partition coefficient (Wildman–Crippen LogP) is 4.58. The van der Waals surface area contributed by atoms with Gasteiger partial charge in [0.2, 0.25) is 5.91 Å². The third-order valence-corrected chi connectivity index (χ3v) is 6.65. The first-order chi connectivity index (χ1) is 15.0. The number of amides is 1. The van der Waals surface area contributed by atoms with E-state index >= 15 is 0 Å². The van der Waals surface area contributed by atoms with Gasteiger partial charge in [0, 0.05) is 11.3 Å². The smallest absolute Gasteiger partial charge is 0.326 e. The lowest BCUT2D eigenvalue weighted by Gasteiger charge is -2.05. The quantitative estimate of drug-likeness (QED) is 0.267. The summed E-state index contributed by atoms with van der Waals surface area (Å²) >= 11 is 3.11. The van der Waals surface area contributed by atoms with Gasteiger partial charge in [-0.15, -0.1) is 11.8 Å². The lowest BCUT2D eigenvalue weighted by atomic mass is 10.2. The normalized spacial score (nSPS) is 11.6. The number of thiazole rings is 1. The number of nitrogens with zero attached hydrogens (tertiary/aromatic N) is 2. The molecule has 0 saturated carbocycles. The van der Waals surface area contributed by atoms with Crippen molar-refractivity contribution in [2.24, 2.45) is 4.99 Å². The molecule has 0 aliphatic carbocycles. The van der Waals surface area contributed by atoms with E-state index in [1.165, 1.54) is 11.3 Å². The summed E-state index contributed by atoms with van der Waals surface area (Å²) in [4.78, 5) is 30.5. The van der Waals surface area contributed by atoms with E-state index in [0.717, 1.165) is 38.6 Å². The number of hydrogen-bond acceptors (Lipinski definition) is 6. The average Bonchev–Trinajstić information content (AvgIpc) is 3.07. The van der Waals surface area contributed by atoms with Crippen LogP contribution in [-0.4, -0.2) is 35.9 Å². The lowest BCUT2D eigenvalue weighted by molar-refractivity contribution is -0.143. The number of benzene rings is 2. The van der Waals surface area contributed by atoms with Crippen LogP contribution in [0.5, 0.6) is 5.75 Å². The van der Waals surface area contributed by atoms with Crippen LogP contribution in [0.3, 0.4) is 0 Å². The van der Waals surface area contributed by atoms with E-state index in [1.54, 1.807) is 30.4 Å².